The molecule has 152 valence electrons. The Morgan fingerprint density at radius 1 is 1.11 bits per heavy atom. The Labute approximate surface area is 173 Å². The average molecular weight is 403 g/mol. The summed E-state index contributed by atoms with van der Waals surface area (Å²) in [5, 5.41) is 16.7. The van der Waals surface area contributed by atoms with E-state index in [0.29, 0.717) is 13.1 Å². The highest BCUT2D eigenvalue weighted by Gasteiger charge is 2.14. The van der Waals surface area contributed by atoms with Gasteiger partial charge in [0.1, 0.15) is 0 Å². The van der Waals surface area contributed by atoms with Gasteiger partial charge < -0.3 is 15.7 Å². The number of halogens is 1. The van der Waals surface area contributed by atoms with Crippen LogP contribution in [-0.2, 0) is 11.3 Å². The monoisotopic (exact) mass is 402 g/mol. The molecule has 0 aromatic heterocycles. The van der Waals surface area contributed by atoms with E-state index in [0.717, 1.165) is 28.3 Å². The van der Waals surface area contributed by atoms with E-state index < -0.39 is 11.9 Å². The third kappa shape index (κ3) is 5.73. The van der Waals surface area contributed by atoms with E-state index in [1.165, 1.54) is 16.7 Å². The van der Waals surface area contributed by atoms with Crippen molar-refractivity contribution in [2.45, 2.75) is 53.6 Å². The summed E-state index contributed by atoms with van der Waals surface area (Å²) >= 11 is 6.32. The third-order valence-corrected chi connectivity index (χ3v) is 5.74. The van der Waals surface area contributed by atoms with Gasteiger partial charge in [0.2, 0.25) is 0 Å². The average Bonchev–Trinajstić information content (AvgIpc) is 2.65. The Morgan fingerprint density at radius 3 is 2.32 bits per heavy atom. The van der Waals surface area contributed by atoms with E-state index in [4.69, 9.17) is 16.7 Å². The van der Waals surface area contributed by atoms with Crippen LogP contribution in [-0.4, -0.2) is 17.6 Å². The van der Waals surface area contributed by atoms with Gasteiger partial charge in [-0.15, -0.1) is 0 Å². The van der Waals surface area contributed by atoms with E-state index in [-0.39, 0.29) is 6.04 Å². The fourth-order valence-electron chi connectivity index (χ4n) is 3.27. The largest absolute Gasteiger partial charge is 0.481 e. The number of nitrogens with one attached hydrogen (secondary N) is 2. The summed E-state index contributed by atoms with van der Waals surface area (Å²) in [5.41, 5.74) is 6.84. The molecular formula is C23H31ClN2O2. The molecule has 2 rings (SSSR count). The van der Waals surface area contributed by atoms with Crippen LogP contribution in [0.25, 0.3) is 0 Å². The molecule has 2 aromatic rings. The van der Waals surface area contributed by atoms with E-state index in [2.05, 4.69) is 54.8 Å². The molecule has 0 amide bonds. The van der Waals surface area contributed by atoms with Gasteiger partial charge in [0, 0.05) is 23.8 Å². The van der Waals surface area contributed by atoms with Crippen LogP contribution < -0.4 is 10.6 Å². The predicted molar refractivity (Wildman–Crippen MR) is 117 cm³/mol. The highest BCUT2D eigenvalue weighted by Crippen LogP contribution is 2.29. The van der Waals surface area contributed by atoms with Gasteiger partial charge in [-0.2, -0.15) is 0 Å². The van der Waals surface area contributed by atoms with Gasteiger partial charge in [-0.25, -0.2) is 0 Å². The van der Waals surface area contributed by atoms with Crippen LogP contribution in [0.5, 0.6) is 0 Å². The quantitative estimate of drug-likeness (QED) is 0.508. The molecule has 0 spiro atoms. The lowest BCUT2D eigenvalue weighted by molar-refractivity contribution is -0.140. The van der Waals surface area contributed by atoms with Crippen molar-refractivity contribution in [1.29, 1.82) is 0 Å². The first-order valence-corrected chi connectivity index (χ1v) is 10.2. The summed E-state index contributed by atoms with van der Waals surface area (Å²) in [7, 11) is 0. The summed E-state index contributed by atoms with van der Waals surface area (Å²) in [6.45, 7) is 11.1. The number of aliphatic carboxylic acids is 1. The Hall–Kier alpha value is -2.04. The predicted octanol–water partition coefficient (Wildman–Crippen LogP) is 5.64. The fraction of sp³-hybridized carbons (Fsp3) is 0.435. The highest BCUT2D eigenvalue weighted by atomic mass is 35.5. The number of hydrogen-bond acceptors (Lipinski definition) is 3. The van der Waals surface area contributed by atoms with Crippen molar-refractivity contribution in [3.05, 3.63) is 63.2 Å². The number of hydrogen-bond donors (Lipinski definition) is 3. The number of aryl methyl sites for hydroxylation is 3. The van der Waals surface area contributed by atoms with Gasteiger partial charge in [0.25, 0.3) is 0 Å². The molecule has 0 saturated heterocycles. The van der Waals surface area contributed by atoms with Crippen molar-refractivity contribution in [1.82, 2.24) is 5.32 Å². The van der Waals surface area contributed by atoms with Crippen LogP contribution in [0.15, 0.2) is 30.3 Å². The number of carboxylic acids is 1. The van der Waals surface area contributed by atoms with Crippen molar-refractivity contribution in [2.24, 2.45) is 5.92 Å². The maximum atomic E-state index is 11.0. The number of benzene rings is 2. The van der Waals surface area contributed by atoms with Crippen molar-refractivity contribution in [3.8, 4) is 0 Å². The molecule has 0 aliphatic rings. The Morgan fingerprint density at radius 2 is 1.75 bits per heavy atom. The molecule has 0 fully saturated rings. The molecule has 0 aliphatic carbocycles. The van der Waals surface area contributed by atoms with Gasteiger partial charge in [0.15, 0.2) is 0 Å². The molecule has 2 atom stereocenters. The SMILES string of the molecule is CC[C@@H](Nc1ccc(C)c(CNCC(C)C(=O)O)c1)c1cc(C)c(Cl)c(C)c1. The lowest BCUT2D eigenvalue weighted by Gasteiger charge is -2.21. The second kappa shape index (κ2) is 9.94. The van der Waals surface area contributed by atoms with Gasteiger partial charge in [-0.05, 0) is 67.1 Å². The summed E-state index contributed by atoms with van der Waals surface area (Å²) < 4.78 is 0. The molecule has 0 radical (unpaired) electrons. The maximum Gasteiger partial charge on any atom is 0.307 e. The van der Waals surface area contributed by atoms with Gasteiger partial charge in [0.05, 0.1) is 12.0 Å². The summed E-state index contributed by atoms with van der Waals surface area (Å²) in [6.07, 6.45) is 0.956. The zero-order chi connectivity index (χ0) is 20.8. The zero-order valence-electron chi connectivity index (χ0n) is 17.4. The lowest BCUT2D eigenvalue weighted by atomic mass is 9.98. The normalized spacial score (nSPS) is 13.2. The first kappa shape index (κ1) is 22.3. The number of rotatable bonds is 9. The Bertz CT molecular complexity index is 812. The molecule has 2 aromatic carbocycles. The molecule has 3 N–H and O–H groups in total. The fourth-order valence-corrected chi connectivity index (χ4v) is 3.37. The Kier molecular flexibility index (Phi) is 7.90. The molecule has 0 saturated carbocycles. The van der Waals surface area contributed by atoms with Crippen LogP contribution in [0.4, 0.5) is 5.69 Å². The van der Waals surface area contributed by atoms with Gasteiger partial charge in [-0.1, -0.05) is 43.6 Å². The minimum atomic E-state index is -0.779. The molecular weight excluding hydrogens is 372 g/mol. The molecule has 1 unspecified atom stereocenters. The highest BCUT2D eigenvalue weighted by molar-refractivity contribution is 6.32. The maximum absolute atomic E-state index is 11.0. The Balaban J connectivity index is 2.13. The second-order valence-electron chi connectivity index (χ2n) is 7.59. The summed E-state index contributed by atoms with van der Waals surface area (Å²) in [5.74, 6) is -1.18. The summed E-state index contributed by atoms with van der Waals surface area (Å²) in [4.78, 5) is 11.0. The van der Waals surface area contributed by atoms with Crippen LogP contribution >= 0.6 is 11.6 Å². The standard InChI is InChI=1S/C23H31ClN2O2/c1-6-21(18-9-15(3)22(24)16(4)10-18)26-20-8-7-14(2)19(11-20)13-25-12-17(5)23(27)28/h7-11,17,21,25-26H,6,12-13H2,1-5H3,(H,27,28)/t17?,21-/m1/s1. The second-order valence-corrected chi connectivity index (χ2v) is 7.96. The smallest absolute Gasteiger partial charge is 0.307 e. The number of carboxylic acid groups (broad SMARTS) is 1. The first-order chi connectivity index (χ1) is 13.2. The van der Waals surface area contributed by atoms with E-state index >= 15 is 0 Å². The zero-order valence-corrected chi connectivity index (χ0v) is 18.2. The van der Waals surface area contributed by atoms with Crippen molar-refractivity contribution < 1.29 is 9.90 Å². The molecule has 0 aliphatic heterocycles. The first-order valence-electron chi connectivity index (χ1n) is 9.79. The molecule has 0 heterocycles. The topological polar surface area (TPSA) is 61.4 Å². The summed E-state index contributed by atoms with van der Waals surface area (Å²) in [6, 6.07) is 10.8. The van der Waals surface area contributed by atoms with Gasteiger partial charge >= 0.3 is 5.97 Å². The van der Waals surface area contributed by atoms with Crippen LogP contribution in [0.2, 0.25) is 5.02 Å². The van der Waals surface area contributed by atoms with Crippen LogP contribution in [0.3, 0.4) is 0 Å². The molecule has 28 heavy (non-hydrogen) atoms. The van der Waals surface area contributed by atoms with Crippen LogP contribution in [0.1, 0.15) is 54.1 Å². The van der Waals surface area contributed by atoms with Crippen LogP contribution in [0, 0.1) is 26.7 Å². The molecule has 5 heteroatoms. The van der Waals surface area contributed by atoms with Crippen molar-refractivity contribution in [2.75, 3.05) is 11.9 Å². The van der Waals surface area contributed by atoms with E-state index in [9.17, 15) is 4.79 Å². The van der Waals surface area contributed by atoms with Crippen molar-refractivity contribution in [3.63, 3.8) is 0 Å². The third-order valence-electron chi connectivity index (χ3n) is 5.15. The number of carbonyl (C=O) groups is 1. The van der Waals surface area contributed by atoms with Gasteiger partial charge in [-0.3, -0.25) is 4.79 Å². The minimum Gasteiger partial charge on any atom is -0.481 e. The minimum absolute atomic E-state index is 0.199. The molecule has 0 bridgehead atoms. The van der Waals surface area contributed by atoms with E-state index in [1.54, 1.807) is 6.92 Å². The number of anilines is 1. The van der Waals surface area contributed by atoms with Crippen molar-refractivity contribution >= 4 is 23.3 Å². The van der Waals surface area contributed by atoms with E-state index in [1.807, 2.05) is 13.8 Å². The lowest BCUT2D eigenvalue weighted by Crippen LogP contribution is -2.26. The molecule has 4 nitrogen and oxygen atoms in total.